The van der Waals surface area contributed by atoms with Crippen molar-refractivity contribution >= 4 is 29.3 Å². The van der Waals surface area contributed by atoms with E-state index in [4.69, 9.17) is 5.73 Å². The maximum Gasteiger partial charge on any atom is 0.248 e. The van der Waals surface area contributed by atoms with Crippen molar-refractivity contribution < 1.29 is 9.59 Å². The van der Waals surface area contributed by atoms with Crippen LogP contribution in [0.1, 0.15) is 41.9 Å². The highest BCUT2D eigenvalue weighted by Crippen LogP contribution is 2.40. The van der Waals surface area contributed by atoms with E-state index >= 15 is 0 Å². The highest BCUT2D eigenvalue weighted by molar-refractivity contribution is 8.00. The number of hydrogen-bond acceptors (Lipinski definition) is 5. The Kier molecular flexibility index (Phi) is 5.41. The Morgan fingerprint density at radius 3 is 2.65 bits per heavy atom. The molecule has 0 bridgehead atoms. The van der Waals surface area contributed by atoms with Gasteiger partial charge in [-0.1, -0.05) is 17.8 Å². The molecule has 8 heteroatoms. The van der Waals surface area contributed by atoms with E-state index in [-0.39, 0.29) is 11.2 Å². The van der Waals surface area contributed by atoms with Crippen molar-refractivity contribution in [1.29, 1.82) is 0 Å². The number of nitrogens with zero attached hydrogens (tertiary/aromatic N) is 3. The number of benzene rings is 1. The summed E-state index contributed by atoms with van der Waals surface area (Å²) in [6.45, 7) is 6.24. The van der Waals surface area contributed by atoms with Gasteiger partial charge in [0.2, 0.25) is 11.8 Å². The van der Waals surface area contributed by atoms with Gasteiger partial charge < -0.3 is 15.6 Å². The minimum Gasteiger partial charge on any atom is -0.366 e. The average molecular weight is 371 g/mol. The third kappa shape index (κ3) is 4.13. The molecular formula is C18H21N5O2S. The SMILES string of the molecule is C=CCn1c(SC(C)C(=O)Nc2ccc(C(N)=O)cc2)nnc1C1CC1. The predicted octanol–water partition coefficient (Wildman–Crippen LogP) is 2.56. The van der Waals surface area contributed by atoms with E-state index in [0.717, 1.165) is 23.8 Å². The first-order valence-electron chi connectivity index (χ1n) is 8.41. The van der Waals surface area contributed by atoms with Crippen LogP contribution in [0.15, 0.2) is 42.1 Å². The standard InChI is InChI=1S/C18H21N5O2S/c1-3-10-23-16(13-4-5-13)21-22-18(23)26-11(2)17(25)20-14-8-6-12(7-9-14)15(19)24/h3,6-9,11,13H,1,4-5,10H2,2H3,(H2,19,24)(H,20,25). The van der Waals surface area contributed by atoms with E-state index in [1.54, 1.807) is 24.3 Å². The Hall–Kier alpha value is -2.61. The largest absolute Gasteiger partial charge is 0.366 e. The van der Waals surface area contributed by atoms with Crippen LogP contribution in [0.25, 0.3) is 0 Å². The number of nitrogens with two attached hydrogens (primary N) is 1. The van der Waals surface area contributed by atoms with E-state index in [9.17, 15) is 9.59 Å². The molecule has 0 radical (unpaired) electrons. The molecule has 0 aliphatic heterocycles. The number of allylic oxidation sites excluding steroid dienone is 1. The summed E-state index contributed by atoms with van der Waals surface area (Å²) in [5.41, 5.74) is 6.22. The molecule has 1 aliphatic rings. The molecule has 3 rings (SSSR count). The minimum absolute atomic E-state index is 0.150. The zero-order valence-corrected chi connectivity index (χ0v) is 15.3. The molecule has 7 nitrogen and oxygen atoms in total. The van der Waals surface area contributed by atoms with Crippen LogP contribution < -0.4 is 11.1 Å². The van der Waals surface area contributed by atoms with Gasteiger partial charge in [0, 0.05) is 23.7 Å². The van der Waals surface area contributed by atoms with E-state index in [2.05, 4.69) is 22.1 Å². The summed E-state index contributed by atoms with van der Waals surface area (Å²) in [5.74, 6) is 0.800. The molecule has 2 amide bonds. The molecule has 2 aromatic rings. The van der Waals surface area contributed by atoms with Crippen LogP contribution in [0.2, 0.25) is 0 Å². The molecule has 1 unspecified atom stereocenters. The summed E-state index contributed by atoms with van der Waals surface area (Å²) in [4.78, 5) is 23.6. The number of primary amides is 1. The number of aromatic nitrogens is 3. The quantitative estimate of drug-likeness (QED) is 0.548. The molecule has 1 saturated carbocycles. The fourth-order valence-electron chi connectivity index (χ4n) is 2.50. The maximum atomic E-state index is 12.5. The fourth-order valence-corrected chi connectivity index (χ4v) is 3.37. The van der Waals surface area contributed by atoms with Gasteiger partial charge in [0.1, 0.15) is 5.82 Å². The Bertz CT molecular complexity index is 827. The van der Waals surface area contributed by atoms with Crippen LogP contribution >= 0.6 is 11.8 Å². The number of rotatable bonds is 8. The van der Waals surface area contributed by atoms with Gasteiger partial charge in [-0.2, -0.15) is 0 Å². The molecule has 0 saturated heterocycles. The monoisotopic (exact) mass is 371 g/mol. The summed E-state index contributed by atoms with van der Waals surface area (Å²) in [6.07, 6.45) is 4.08. The molecule has 1 aromatic heterocycles. The third-order valence-electron chi connectivity index (χ3n) is 4.09. The van der Waals surface area contributed by atoms with Crippen LogP contribution in [0.4, 0.5) is 5.69 Å². The van der Waals surface area contributed by atoms with E-state index in [1.807, 2.05) is 17.6 Å². The molecule has 1 heterocycles. The Labute approximate surface area is 156 Å². The average Bonchev–Trinajstić information content (AvgIpc) is 3.39. The van der Waals surface area contributed by atoms with Gasteiger partial charge in [-0.25, -0.2) is 0 Å². The number of carbonyl (C=O) groups excluding carboxylic acids is 2. The summed E-state index contributed by atoms with van der Waals surface area (Å²) in [7, 11) is 0. The lowest BCUT2D eigenvalue weighted by Crippen LogP contribution is -2.23. The number of anilines is 1. The molecule has 26 heavy (non-hydrogen) atoms. The summed E-state index contributed by atoms with van der Waals surface area (Å²) < 4.78 is 2.03. The van der Waals surface area contributed by atoms with Crippen LogP contribution in [0.5, 0.6) is 0 Å². The number of nitrogens with one attached hydrogen (secondary N) is 1. The highest BCUT2D eigenvalue weighted by Gasteiger charge is 2.30. The smallest absolute Gasteiger partial charge is 0.248 e. The van der Waals surface area contributed by atoms with E-state index < -0.39 is 5.91 Å². The van der Waals surface area contributed by atoms with Crippen LogP contribution in [0, 0.1) is 0 Å². The molecule has 0 spiro atoms. The maximum absolute atomic E-state index is 12.5. The summed E-state index contributed by atoms with van der Waals surface area (Å²) >= 11 is 1.37. The lowest BCUT2D eigenvalue weighted by Gasteiger charge is -2.13. The van der Waals surface area contributed by atoms with Crippen LogP contribution in [-0.2, 0) is 11.3 Å². The second-order valence-electron chi connectivity index (χ2n) is 6.21. The van der Waals surface area contributed by atoms with Crippen LogP contribution in [0.3, 0.4) is 0 Å². The Balaban J connectivity index is 1.65. The zero-order chi connectivity index (χ0) is 18.7. The molecular weight excluding hydrogens is 350 g/mol. The van der Waals surface area contributed by atoms with Gasteiger partial charge in [-0.3, -0.25) is 9.59 Å². The number of amides is 2. The molecule has 1 aromatic carbocycles. The van der Waals surface area contributed by atoms with Gasteiger partial charge in [0.05, 0.1) is 5.25 Å². The normalized spacial score (nSPS) is 14.7. The first-order valence-corrected chi connectivity index (χ1v) is 9.29. The van der Waals surface area contributed by atoms with Crippen molar-refractivity contribution in [3.8, 4) is 0 Å². The van der Waals surface area contributed by atoms with Crippen molar-refractivity contribution in [2.45, 2.75) is 42.6 Å². The molecule has 1 atom stereocenters. The van der Waals surface area contributed by atoms with Crippen molar-refractivity contribution in [2.75, 3.05) is 5.32 Å². The number of carbonyl (C=O) groups is 2. The highest BCUT2D eigenvalue weighted by atomic mass is 32.2. The van der Waals surface area contributed by atoms with Gasteiger partial charge >= 0.3 is 0 Å². The van der Waals surface area contributed by atoms with Crippen molar-refractivity contribution in [3.63, 3.8) is 0 Å². The molecule has 1 fully saturated rings. The first-order chi connectivity index (χ1) is 12.5. The molecule has 3 N–H and O–H groups in total. The van der Waals surface area contributed by atoms with Gasteiger partial charge in [-0.15, -0.1) is 16.8 Å². The lowest BCUT2D eigenvalue weighted by molar-refractivity contribution is -0.115. The second kappa shape index (κ2) is 7.74. The topological polar surface area (TPSA) is 103 Å². The Morgan fingerprint density at radius 1 is 1.38 bits per heavy atom. The number of hydrogen-bond donors (Lipinski definition) is 2. The number of thioether (sulfide) groups is 1. The van der Waals surface area contributed by atoms with Gasteiger partial charge in [-0.05, 0) is 44.0 Å². The Morgan fingerprint density at radius 2 is 2.08 bits per heavy atom. The van der Waals surface area contributed by atoms with Crippen molar-refractivity contribution in [2.24, 2.45) is 5.73 Å². The van der Waals surface area contributed by atoms with Gasteiger partial charge in [0.15, 0.2) is 5.16 Å². The van der Waals surface area contributed by atoms with Crippen molar-refractivity contribution in [3.05, 3.63) is 48.3 Å². The zero-order valence-electron chi connectivity index (χ0n) is 14.5. The van der Waals surface area contributed by atoms with Crippen LogP contribution in [-0.4, -0.2) is 31.8 Å². The van der Waals surface area contributed by atoms with E-state index in [0.29, 0.717) is 23.7 Å². The van der Waals surface area contributed by atoms with Gasteiger partial charge in [0.25, 0.3) is 0 Å². The predicted molar refractivity (Wildman–Crippen MR) is 101 cm³/mol. The fraction of sp³-hybridized carbons (Fsp3) is 0.333. The minimum atomic E-state index is -0.500. The summed E-state index contributed by atoms with van der Waals surface area (Å²) in [6, 6.07) is 6.47. The third-order valence-corrected chi connectivity index (χ3v) is 5.17. The second-order valence-corrected chi connectivity index (χ2v) is 7.51. The first kappa shape index (κ1) is 18.2. The summed E-state index contributed by atoms with van der Waals surface area (Å²) in [5, 5.41) is 11.7. The lowest BCUT2D eigenvalue weighted by atomic mass is 10.2. The molecule has 1 aliphatic carbocycles. The molecule has 136 valence electrons. The van der Waals surface area contributed by atoms with E-state index in [1.165, 1.54) is 11.8 Å². The van der Waals surface area contributed by atoms with Crippen molar-refractivity contribution in [1.82, 2.24) is 14.8 Å².